The van der Waals surface area contributed by atoms with Crippen molar-refractivity contribution in [3.63, 3.8) is 0 Å². The Labute approximate surface area is 130 Å². The lowest BCUT2D eigenvalue weighted by molar-refractivity contribution is -0.139. The summed E-state index contributed by atoms with van der Waals surface area (Å²) in [5.74, 6) is 0.0119. The molecule has 0 radical (unpaired) electrons. The highest BCUT2D eigenvalue weighted by molar-refractivity contribution is 6.01. The predicted molar refractivity (Wildman–Crippen MR) is 86.3 cm³/mol. The summed E-state index contributed by atoms with van der Waals surface area (Å²) in [7, 11) is 0. The topological polar surface area (TPSA) is 89.2 Å². The van der Waals surface area contributed by atoms with E-state index in [-0.39, 0.29) is 31.2 Å². The molecule has 1 aromatic heterocycles. The number of allylic oxidation sites excluding steroid dienone is 3. The Morgan fingerprint density at radius 3 is 2.45 bits per heavy atom. The number of imide groups is 1. The van der Waals surface area contributed by atoms with Gasteiger partial charge < -0.3 is 5.73 Å². The van der Waals surface area contributed by atoms with Crippen LogP contribution in [0.15, 0.2) is 38.1 Å². The Bertz CT molecular complexity index is 607. The largest absolute Gasteiger partial charge is 0.396 e. The summed E-state index contributed by atoms with van der Waals surface area (Å²) >= 11 is 0. The van der Waals surface area contributed by atoms with Crippen LogP contribution in [0.5, 0.6) is 0 Å². The summed E-state index contributed by atoms with van der Waals surface area (Å²) in [6, 6.07) is 0. The number of carbonyl (C=O) groups excluding carboxylic acids is 2. The van der Waals surface area contributed by atoms with E-state index < -0.39 is 0 Å². The summed E-state index contributed by atoms with van der Waals surface area (Å²) < 4.78 is 0. The van der Waals surface area contributed by atoms with Crippen molar-refractivity contribution in [3.8, 4) is 0 Å². The molecule has 2 amide bonds. The fourth-order valence-corrected chi connectivity index (χ4v) is 2.03. The molecule has 2 N–H and O–H groups in total. The Balaban J connectivity index is 0.00000116. The van der Waals surface area contributed by atoms with Crippen molar-refractivity contribution >= 4 is 23.1 Å². The molecule has 1 saturated heterocycles. The molecule has 0 spiro atoms. The number of amides is 2. The zero-order valence-electron chi connectivity index (χ0n) is 12.7. The second kappa shape index (κ2) is 7.87. The average molecular weight is 300 g/mol. The lowest BCUT2D eigenvalue weighted by Gasteiger charge is -2.14. The number of rotatable bonds is 4. The van der Waals surface area contributed by atoms with Gasteiger partial charge in [0, 0.05) is 12.8 Å². The van der Waals surface area contributed by atoms with Gasteiger partial charge in [-0.25, -0.2) is 9.97 Å². The van der Waals surface area contributed by atoms with Crippen molar-refractivity contribution in [2.24, 2.45) is 0 Å². The number of hydrogen-bond donors (Lipinski definition) is 1. The van der Waals surface area contributed by atoms with E-state index in [0.717, 1.165) is 5.57 Å². The van der Waals surface area contributed by atoms with Crippen LogP contribution >= 0.6 is 0 Å². The van der Waals surface area contributed by atoms with Crippen molar-refractivity contribution in [1.82, 2.24) is 14.9 Å². The number of aromatic nitrogens is 2. The first-order valence-corrected chi connectivity index (χ1v) is 6.80. The van der Waals surface area contributed by atoms with E-state index in [4.69, 9.17) is 5.73 Å². The second-order valence-corrected chi connectivity index (χ2v) is 4.41. The van der Waals surface area contributed by atoms with Crippen LogP contribution in [0.25, 0.3) is 5.57 Å². The van der Waals surface area contributed by atoms with Gasteiger partial charge in [-0.3, -0.25) is 14.5 Å². The molecule has 116 valence electrons. The van der Waals surface area contributed by atoms with Gasteiger partial charge in [-0.15, -0.1) is 13.2 Å². The van der Waals surface area contributed by atoms with Crippen LogP contribution < -0.4 is 5.73 Å². The van der Waals surface area contributed by atoms with E-state index in [1.165, 1.54) is 11.1 Å². The number of likely N-dealkylation sites (tertiary alicyclic amines) is 1. The maximum Gasteiger partial charge on any atom is 0.230 e. The molecule has 0 aromatic carbocycles. The van der Waals surface area contributed by atoms with E-state index in [1.54, 1.807) is 6.08 Å². The molecule has 0 atom stereocenters. The number of nitrogens with two attached hydrogens (primary N) is 1. The minimum atomic E-state index is -0.188. The predicted octanol–water partition coefficient (Wildman–Crippen LogP) is 2.10. The maximum absolute atomic E-state index is 11.6. The Morgan fingerprint density at radius 2 is 1.95 bits per heavy atom. The summed E-state index contributed by atoms with van der Waals surface area (Å²) in [4.78, 5) is 32.8. The van der Waals surface area contributed by atoms with Gasteiger partial charge in [0.15, 0.2) is 0 Å². The minimum Gasteiger partial charge on any atom is -0.396 e. The smallest absolute Gasteiger partial charge is 0.230 e. The molecule has 6 heteroatoms. The van der Waals surface area contributed by atoms with Crippen LogP contribution in [-0.4, -0.2) is 26.7 Å². The first-order chi connectivity index (χ1) is 10.6. The third-order valence-corrected chi connectivity index (χ3v) is 3.13. The van der Waals surface area contributed by atoms with Gasteiger partial charge in [-0.05, 0) is 12.5 Å². The molecule has 2 rings (SSSR count). The van der Waals surface area contributed by atoms with E-state index in [2.05, 4.69) is 29.7 Å². The third kappa shape index (κ3) is 3.66. The molecule has 2 heterocycles. The van der Waals surface area contributed by atoms with E-state index in [0.29, 0.717) is 17.2 Å². The highest BCUT2D eigenvalue weighted by Gasteiger charge is 2.29. The van der Waals surface area contributed by atoms with E-state index >= 15 is 0 Å². The van der Waals surface area contributed by atoms with Gasteiger partial charge in [0.05, 0.1) is 24.1 Å². The van der Waals surface area contributed by atoms with Crippen LogP contribution in [-0.2, 0) is 16.1 Å². The Morgan fingerprint density at radius 1 is 1.36 bits per heavy atom. The van der Waals surface area contributed by atoms with Crippen LogP contribution in [0.1, 0.15) is 31.3 Å². The standard InChI is InChI=1S/C14H16N4O2.C2H4/c1-3-9(4-2)14-10(15)7-16-11(17-14)8-18-12(19)5-6-13(18)20;1-2/h3-4,7H,1,5-6,8,15H2,2H3;1-2H2/b9-4+;. The van der Waals surface area contributed by atoms with Gasteiger partial charge in [-0.1, -0.05) is 18.7 Å². The molecule has 0 aliphatic carbocycles. The van der Waals surface area contributed by atoms with Crippen LogP contribution in [0.4, 0.5) is 5.69 Å². The molecular weight excluding hydrogens is 280 g/mol. The lowest BCUT2D eigenvalue weighted by atomic mass is 10.1. The second-order valence-electron chi connectivity index (χ2n) is 4.41. The van der Waals surface area contributed by atoms with Crippen LogP contribution in [0.3, 0.4) is 0 Å². The van der Waals surface area contributed by atoms with Gasteiger partial charge in [0.1, 0.15) is 5.82 Å². The van der Waals surface area contributed by atoms with Crippen molar-refractivity contribution in [1.29, 1.82) is 0 Å². The molecule has 0 unspecified atom stereocenters. The molecule has 22 heavy (non-hydrogen) atoms. The molecular formula is C16H20N4O2. The number of nitrogen functional groups attached to an aromatic ring is 1. The van der Waals surface area contributed by atoms with Crippen molar-refractivity contribution in [3.05, 3.63) is 49.6 Å². The first-order valence-electron chi connectivity index (χ1n) is 6.80. The number of anilines is 1. The number of hydrogen-bond acceptors (Lipinski definition) is 5. The average Bonchev–Trinajstić information content (AvgIpc) is 2.85. The van der Waals surface area contributed by atoms with Crippen molar-refractivity contribution < 1.29 is 9.59 Å². The summed E-state index contributed by atoms with van der Waals surface area (Å²) in [5, 5.41) is 0. The van der Waals surface area contributed by atoms with Gasteiger partial charge in [0.2, 0.25) is 11.8 Å². The van der Waals surface area contributed by atoms with Crippen molar-refractivity contribution in [2.75, 3.05) is 5.73 Å². The van der Waals surface area contributed by atoms with Crippen LogP contribution in [0.2, 0.25) is 0 Å². The molecule has 6 nitrogen and oxygen atoms in total. The van der Waals surface area contributed by atoms with E-state index in [9.17, 15) is 9.59 Å². The molecule has 1 aromatic rings. The number of carbonyl (C=O) groups is 2. The summed E-state index contributed by atoms with van der Waals surface area (Å²) in [6.45, 7) is 11.6. The fraction of sp³-hybridized carbons (Fsp3) is 0.250. The fourth-order valence-electron chi connectivity index (χ4n) is 2.03. The molecule has 0 saturated carbocycles. The quantitative estimate of drug-likeness (QED) is 0.522. The van der Waals surface area contributed by atoms with Crippen molar-refractivity contribution in [2.45, 2.75) is 26.3 Å². The van der Waals surface area contributed by atoms with Gasteiger partial charge >= 0.3 is 0 Å². The zero-order valence-corrected chi connectivity index (χ0v) is 12.7. The highest BCUT2D eigenvalue weighted by atomic mass is 16.2. The lowest BCUT2D eigenvalue weighted by Crippen LogP contribution is -2.29. The molecule has 0 bridgehead atoms. The number of nitrogens with zero attached hydrogens (tertiary/aromatic N) is 3. The van der Waals surface area contributed by atoms with Gasteiger partial charge in [-0.2, -0.15) is 0 Å². The minimum absolute atomic E-state index is 0.0824. The maximum atomic E-state index is 11.6. The van der Waals surface area contributed by atoms with Gasteiger partial charge in [0.25, 0.3) is 0 Å². The molecule has 1 fully saturated rings. The SMILES string of the molecule is C=C.C=C/C(=C\C)c1nc(CN2C(=O)CCC2=O)ncc1N. The Kier molecular flexibility index (Phi) is 6.19. The highest BCUT2D eigenvalue weighted by Crippen LogP contribution is 2.20. The molecule has 1 aliphatic rings. The first kappa shape index (κ1) is 17.3. The normalized spacial score (nSPS) is 14.6. The summed E-state index contributed by atoms with van der Waals surface area (Å²) in [6.07, 6.45) is 5.48. The summed E-state index contributed by atoms with van der Waals surface area (Å²) in [5.41, 5.74) is 7.62. The Hall–Kier alpha value is -2.76. The van der Waals surface area contributed by atoms with Crippen LogP contribution in [0, 0.1) is 0 Å². The molecule has 1 aliphatic heterocycles. The third-order valence-electron chi connectivity index (χ3n) is 3.13. The zero-order chi connectivity index (χ0) is 16.7. The monoisotopic (exact) mass is 300 g/mol. The van der Waals surface area contributed by atoms with E-state index in [1.807, 2.05) is 13.0 Å².